The summed E-state index contributed by atoms with van der Waals surface area (Å²) in [6, 6.07) is 0.355. The Kier molecular flexibility index (Phi) is 5.03. The van der Waals surface area contributed by atoms with Crippen LogP contribution in [0.1, 0.15) is 77.2 Å². The molecule has 0 aliphatic heterocycles. The molecular weight excluding hydrogens is 212 g/mol. The lowest BCUT2D eigenvalue weighted by Crippen LogP contribution is -2.11. The summed E-state index contributed by atoms with van der Waals surface area (Å²) in [5.41, 5.74) is 1.86. The normalized spacial score (nSPS) is 13.3. The first-order valence-electron chi connectivity index (χ1n) is 6.83. The highest BCUT2D eigenvalue weighted by Gasteiger charge is 2.21. The van der Waals surface area contributed by atoms with E-state index in [1.54, 1.807) is 0 Å². The van der Waals surface area contributed by atoms with E-state index in [0.717, 1.165) is 37.1 Å². The van der Waals surface area contributed by atoms with E-state index >= 15 is 0 Å². The van der Waals surface area contributed by atoms with Gasteiger partial charge in [0.05, 0.1) is 5.69 Å². The van der Waals surface area contributed by atoms with Crippen molar-refractivity contribution in [2.45, 2.75) is 72.3 Å². The first-order chi connectivity index (χ1) is 8.02. The molecule has 0 aromatic carbocycles. The second kappa shape index (κ2) is 6.08. The van der Waals surface area contributed by atoms with Crippen LogP contribution in [-0.4, -0.2) is 14.9 Å². The zero-order chi connectivity index (χ0) is 13.0. The van der Waals surface area contributed by atoms with E-state index in [2.05, 4.69) is 39.7 Å². The molecule has 1 unspecified atom stereocenters. The number of aryl methyl sites for hydroxylation is 1. The van der Waals surface area contributed by atoms with Crippen molar-refractivity contribution in [3.63, 3.8) is 0 Å². The highest BCUT2D eigenvalue weighted by molar-refractivity contribution is 5.34. The molecule has 17 heavy (non-hydrogen) atoms. The van der Waals surface area contributed by atoms with E-state index in [4.69, 9.17) is 0 Å². The van der Waals surface area contributed by atoms with Gasteiger partial charge in [-0.15, -0.1) is 0 Å². The van der Waals surface area contributed by atoms with Crippen LogP contribution in [-0.2, 0) is 6.42 Å². The molecule has 0 bridgehead atoms. The quantitative estimate of drug-likeness (QED) is 0.812. The van der Waals surface area contributed by atoms with Gasteiger partial charge in [-0.1, -0.05) is 34.1 Å². The largest absolute Gasteiger partial charge is 0.504 e. The maximum absolute atomic E-state index is 10.3. The number of aromatic nitrogens is 2. The van der Waals surface area contributed by atoms with Crippen LogP contribution in [0.2, 0.25) is 0 Å². The van der Waals surface area contributed by atoms with Crippen molar-refractivity contribution in [2.24, 2.45) is 0 Å². The zero-order valence-electron chi connectivity index (χ0n) is 11.8. The third-order valence-electron chi connectivity index (χ3n) is 3.31. The average Bonchev–Trinajstić information content (AvgIpc) is 2.63. The number of aromatic hydroxyl groups is 1. The minimum absolute atomic E-state index is 0.312. The van der Waals surface area contributed by atoms with Crippen LogP contribution < -0.4 is 0 Å². The van der Waals surface area contributed by atoms with Crippen LogP contribution >= 0.6 is 0 Å². The monoisotopic (exact) mass is 238 g/mol. The molecule has 0 saturated carbocycles. The van der Waals surface area contributed by atoms with Gasteiger partial charge >= 0.3 is 0 Å². The standard InChI is InChI=1S/C14H26N2O/c1-6-8-9-12-14(17)13(10(3)4)16(15-12)11(5)7-2/h10-11,17H,6-9H2,1-5H3. The molecule has 0 fully saturated rings. The Hall–Kier alpha value is -0.990. The molecule has 0 aliphatic rings. The summed E-state index contributed by atoms with van der Waals surface area (Å²) in [6.45, 7) is 10.7. The molecule has 1 heterocycles. The van der Waals surface area contributed by atoms with Gasteiger partial charge in [-0.05, 0) is 32.1 Å². The number of rotatable bonds is 6. The van der Waals surface area contributed by atoms with Crippen LogP contribution in [0, 0.1) is 0 Å². The average molecular weight is 238 g/mol. The third kappa shape index (κ3) is 3.02. The highest BCUT2D eigenvalue weighted by atomic mass is 16.3. The van der Waals surface area contributed by atoms with Crippen LogP contribution in [0.15, 0.2) is 0 Å². The Balaban J connectivity index is 3.10. The predicted molar refractivity (Wildman–Crippen MR) is 71.6 cm³/mol. The molecule has 98 valence electrons. The van der Waals surface area contributed by atoms with E-state index in [1.165, 1.54) is 0 Å². The van der Waals surface area contributed by atoms with Gasteiger partial charge in [-0.3, -0.25) is 4.68 Å². The van der Waals surface area contributed by atoms with Gasteiger partial charge in [0, 0.05) is 6.04 Å². The molecule has 3 nitrogen and oxygen atoms in total. The van der Waals surface area contributed by atoms with Crippen LogP contribution in [0.5, 0.6) is 5.75 Å². The van der Waals surface area contributed by atoms with Gasteiger partial charge in [0.1, 0.15) is 5.69 Å². The SMILES string of the molecule is CCCCc1nn(C(C)CC)c(C(C)C)c1O. The Morgan fingerprint density at radius 2 is 1.88 bits per heavy atom. The number of hydrogen-bond acceptors (Lipinski definition) is 2. The van der Waals surface area contributed by atoms with Crippen molar-refractivity contribution in [2.75, 3.05) is 0 Å². The van der Waals surface area contributed by atoms with Crippen LogP contribution in [0.3, 0.4) is 0 Å². The second-order valence-electron chi connectivity index (χ2n) is 5.14. The molecule has 0 amide bonds. The fraction of sp³-hybridized carbons (Fsp3) is 0.786. The molecule has 1 rings (SSSR count). The Morgan fingerprint density at radius 3 is 2.35 bits per heavy atom. The summed E-state index contributed by atoms with van der Waals surface area (Å²) in [7, 11) is 0. The maximum atomic E-state index is 10.3. The molecule has 1 aromatic heterocycles. The van der Waals surface area contributed by atoms with Crippen molar-refractivity contribution in [3.05, 3.63) is 11.4 Å². The lowest BCUT2D eigenvalue weighted by Gasteiger charge is -2.15. The Labute approximate surface area is 105 Å². The van der Waals surface area contributed by atoms with Crippen molar-refractivity contribution in [1.82, 2.24) is 9.78 Å². The predicted octanol–water partition coefficient (Wildman–Crippen LogP) is 4.03. The third-order valence-corrected chi connectivity index (χ3v) is 3.31. The van der Waals surface area contributed by atoms with Crippen molar-refractivity contribution < 1.29 is 5.11 Å². The minimum atomic E-state index is 0.312. The summed E-state index contributed by atoms with van der Waals surface area (Å²) >= 11 is 0. The molecule has 1 N–H and O–H groups in total. The van der Waals surface area contributed by atoms with Crippen LogP contribution in [0.4, 0.5) is 0 Å². The van der Waals surface area contributed by atoms with Gasteiger partial charge in [0.25, 0.3) is 0 Å². The second-order valence-corrected chi connectivity index (χ2v) is 5.14. The smallest absolute Gasteiger partial charge is 0.160 e. The molecule has 3 heteroatoms. The maximum Gasteiger partial charge on any atom is 0.160 e. The molecule has 0 radical (unpaired) electrons. The van der Waals surface area contributed by atoms with Gasteiger partial charge in [-0.2, -0.15) is 5.10 Å². The van der Waals surface area contributed by atoms with Gasteiger partial charge in [0.15, 0.2) is 5.75 Å². The van der Waals surface area contributed by atoms with Crippen LogP contribution in [0.25, 0.3) is 0 Å². The Morgan fingerprint density at radius 1 is 1.24 bits per heavy atom. The van der Waals surface area contributed by atoms with Gasteiger partial charge < -0.3 is 5.11 Å². The first-order valence-corrected chi connectivity index (χ1v) is 6.83. The summed E-state index contributed by atoms with van der Waals surface area (Å²) < 4.78 is 2.02. The van der Waals surface area contributed by atoms with Crippen molar-refractivity contribution in [1.29, 1.82) is 0 Å². The fourth-order valence-corrected chi connectivity index (χ4v) is 2.05. The summed E-state index contributed by atoms with van der Waals surface area (Å²) in [5, 5.41) is 14.9. The summed E-state index contributed by atoms with van der Waals surface area (Å²) in [4.78, 5) is 0. The number of unbranched alkanes of at least 4 members (excludes halogenated alkanes) is 1. The first kappa shape index (κ1) is 14.1. The highest BCUT2D eigenvalue weighted by Crippen LogP contribution is 2.32. The molecular formula is C14H26N2O. The molecule has 0 saturated heterocycles. The van der Waals surface area contributed by atoms with Gasteiger partial charge in [-0.25, -0.2) is 0 Å². The molecule has 0 aliphatic carbocycles. The molecule has 0 spiro atoms. The summed E-state index contributed by atoms with van der Waals surface area (Å²) in [5.74, 6) is 0.737. The topological polar surface area (TPSA) is 38.0 Å². The van der Waals surface area contributed by atoms with E-state index in [1.807, 2.05) is 4.68 Å². The van der Waals surface area contributed by atoms with E-state index in [-0.39, 0.29) is 0 Å². The Bertz CT molecular complexity index is 355. The number of hydrogen-bond donors (Lipinski definition) is 1. The molecule has 1 aromatic rings. The lowest BCUT2D eigenvalue weighted by molar-refractivity contribution is 0.428. The van der Waals surface area contributed by atoms with E-state index in [9.17, 15) is 5.11 Å². The number of nitrogens with zero attached hydrogens (tertiary/aromatic N) is 2. The fourth-order valence-electron chi connectivity index (χ4n) is 2.05. The lowest BCUT2D eigenvalue weighted by atomic mass is 10.1. The zero-order valence-corrected chi connectivity index (χ0v) is 11.8. The summed E-state index contributed by atoms with van der Waals surface area (Å²) in [6.07, 6.45) is 4.13. The van der Waals surface area contributed by atoms with E-state index in [0.29, 0.717) is 17.7 Å². The minimum Gasteiger partial charge on any atom is -0.504 e. The van der Waals surface area contributed by atoms with Crippen molar-refractivity contribution >= 4 is 0 Å². The van der Waals surface area contributed by atoms with Gasteiger partial charge in [0.2, 0.25) is 0 Å². The van der Waals surface area contributed by atoms with E-state index < -0.39 is 0 Å². The molecule has 1 atom stereocenters. The van der Waals surface area contributed by atoms with Crippen molar-refractivity contribution in [3.8, 4) is 5.75 Å².